The van der Waals surface area contributed by atoms with Crippen molar-refractivity contribution < 1.29 is 27.8 Å². The van der Waals surface area contributed by atoms with Crippen molar-refractivity contribution in [2.24, 2.45) is 0 Å². The van der Waals surface area contributed by atoms with Crippen molar-refractivity contribution in [3.05, 3.63) is 89.6 Å². The molecule has 1 aliphatic heterocycles. The maximum atomic E-state index is 14.5. The second kappa shape index (κ2) is 9.12. The molecular formula is C25H20F2N2O4. The third-order valence-electron chi connectivity index (χ3n) is 5.03. The van der Waals surface area contributed by atoms with E-state index in [1.165, 1.54) is 7.11 Å². The summed E-state index contributed by atoms with van der Waals surface area (Å²) in [6.45, 7) is 2.29. The first-order chi connectivity index (χ1) is 15.9. The summed E-state index contributed by atoms with van der Waals surface area (Å²) in [5.74, 6) is -2.13. The van der Waals surface area contributed by atoms with Crippen LogP contribution in [0.5, 0.6) is 11.5 Å². The average molecular weight is 450 g/mol. The van der Waals surface area contributed by atoms with E-state index in [2.05, 4.69) is 5.32 Å². The van der Waals surface area contributed by atoms with E-state index in [4.69, 9.17) is 9.47 Å². The summed E-state index contributed by atoms with van der Waals surface area (Å²) in [4.78, 5) is 27.3. The normalized spacial score (nSPS) is 13.5. The molecule has 3 aromatic carbocycles. The minimum atomic E-state index is -0.897. The van der Waals surface area contributed by atoms with Gasteiger partial charge in [-0.05, 0) is 48.9 Å². The van der Waals surface area contributed by atoms with Crippen molar-refractivity contribution in [1.82, 2.24) is 0 Å². The molecule has 0 aliphatic carbocycles. The van der Waals surface area contributed by atoms with Gasteiger partial charge >= 0.3 is 0 Å². The van der Waals surface area contributed by atoms with Gasteiger partial charge < -0.3 is 14.8 Å². The maximum absolute atomic E-state index is 14.5. The molecule has 6 nitrogen and oxygen atoms in total. The molecule has 0 saturated carbocycles. The number of benzene rings is 3. The van der Waals surface area contributed by atoms with Gasteiger partial charge in [-0.2, -0.15) is 0 Å². The van der Waals surface area contributed by atoms with Gasteiger partial charge in [0.15, 0.2) is 0 Å². The minimum Gasteiger partial charge on any atom is -0.497 e. The van der Waals surface area contributed by atoms with Gasteiger partial charge in [-0.1, -0.05) is 18.2 Å². The number of methoxy groups -OCH3 is 1. The van der Waals surface area contributed by atoms with E-state index in [9.17, 15) is 18.4 Å². The fourth-order valence-corrected chi connectivity index (χ4v) is 3.52. The summed E-state index contributed by atoms with van der Waals surface area (Å²) in [7, 11) is 1.51. The fourth-order valence-electron chi connectivity index (χ4n) is 3.52. The molecule has 0 aromatic heterocycles. The van der Waals surface area contributed by atoms with E-state index >= 15 is 0 Å². The van der Waals surface area contributed by atoms with Gasteiger partial charge in [0.25, 0.3) is 11.8 Å². The summed E-state index contributed by atoms with van der Waals surface area (Å²) in [5, 5.41) is 2.97. The predicted octanol–water partition coefficient (Wildman–Crippen LogP) is 4.77. The number of hydrogen-bond donors (Lipinski definition) is 1. The molecule has 1 aliphatic rings. The van der Waals surface area contributed by atoms with Gasteiger partial charge in [0.1, 0.15) is 28.8 Å². The Morgan fingerprint density at radius 2 is 1.67 bits per heavy atom. The topological polar surface area (TPSA) is 67.9 Å². The zero-order valence-electron chi connectivity index (χ0n) is 17.9. The molecule has 0 unspecified atom stereocenters. The number of hydrogen-bond acceptors (Lipinski definition) is 5. The zero-order valence-corrected chi connectivity index (χ0v) is 17.9. The lowest BCUT2D eigenvalue weighted by Gasteiger charge is -2.16. The molecule has 1 heterocycles. The number of ether oxygens (including phenoxy) is 2. The molecule has 0 radical (unpaired) electrons. The Morgan fingerprint density at radius 1 is 0.909 bits per heavy atom. The number of nitrogens with zero attached hydrogens (tertiary/aromatic N) is 1. The third kappa shape index (κ3) is 4.27. The van der Waals surface area contributed by atoms with Crippen molar-refractivity contribution in [1.29, 1.82) is 0 Å². The molecule has 1 N–H and O–H groups in total. The lowest BCUT2D eigenvalue weighted by molar-refractivity contribution is -0.120. The molecule has 0 saturated heterocycles. The summed E-state index contributed by atoms with van der Waals surface area (Å²) < 4.78 is 39.0. The number of rotatable bonds is 7. The van der Waals surface area contributed by atoms with Crippen LogP contribution in [-0.2, 0) is 9.59 Å². The lowest BCUT2D eigenvalue weighted by Crippen LogP contribution is -2.33. The van der Waals surface area contributed by atoms with Gasteiger partial charge in [0, 0.05) is 17.8 Å². The van der Waals surface area contributed by atoms with Crippen LogP contribution < -0.4 is 19.7 Å². The van der Waals surface area contributed by atoms with Crippen LogP contribution in [0.3, 0.4) is 0 Å². The molecule has 168 valence electrons. The number of amides is 2. The molecule has 3 aromatic rings. The molecule has 2 amide bonds. The van der Waals surface area contributed by atoms with Crippen molar-refractivity contribution >= 4 is 28.8 Å². The Hall–Kier alpha value is -4.20. The summed E-state index contributed by atoms with van der Waals surface area (Å²) in [5.41, 5.74) is 0.396. The van der Waals surface area contributed by atoms with Crippen molar-refractivity contribution in [3.8, 4) is 11.5 Å². The number of carbonyl (C=O) groups is 2. The van der Waals surface area contributed by atoms with Crippen molar-refractivity contribution in [2.75, 3.05) is 23.9 Å². The van der Waals surface area contributed by atoms with Crippen molar-refractivity contribution in [2.45, 2.75) is 6.92 Å². The lowest BCUT2D eigenvalue weighted by atomic mass is 10.0. The highest BCUT2D eigenvalue weighted by atomic mass is 19.1. The Kier molecular flexibility index (Phi) is 6.08. The molecular weight excluding hydrogens is 430 g/mol. The molecule has 0 spiro atoms. The molecule has 0 fully saturated rings. The Bertz CT molecular complexity index is 1260. The monoisotopic (exact) mass is 450 g/mol. The first-order valence-corrected chi connectivity index (χ1v) is 10.2. The smallest absolute Gasteiger partial charge is 0.282 e. The highest BCUT2D eigenvalue weighted by Crippen LogP contribution is 2.36. The number of imide groups is 1. The predicted molar refractivity (Wildman–Crippen MR) is 120 cm³/mol. The third-order valence-corrected chi connectivity index (χ3v) is 5.03. The SMILES string of the molecule is CCOc1cccc(NC2=C(c3ccc(OC)cc3)C(=O)N(c3cc(F)ccc3F)C2=O)c1. The van der Waals surface area contributed by atoms with Gasteiger partial charge in [-0.15, -0.1) is 0 Å². The molecule has 4 rings (SSSR count). The number of anilines is 2. The second-order valence-corrected chi connectivity index (χ2v) is 7.11. The van der Waals surface area contributed by atoms with Crippen LogP contribution in [0.15, 0.2) is 72.4 Å². The van der Waals surface area contributed by atoms with Gasteiger partial charge in [0.05, 0.1) is 25.0 Å². The summed E-state index contributed by atoms with van der Waals surface area (Å²) in [6.07, 6.45) is 0. The van der Waals surface area contributed by atoms with Crippen LogP contribution in [0.4, 0.5) is 20.2 Å². The van der Waals surface area contributed by atoms with E-state index in [1.807, 2.05) is 6.92 Å². The standard InChI is InChI=1S/C25H20F2N2O4/c1-3-33-19-6-4-5-17(14-19)28-23-22(15-7-10-18(32-2)11-8-15)24(30)29(25(23)31)21-13-16(26)9-12-20(21)27/h4-14,28H,3H2,1-2H3. The van der Waals surface area contributed by atoms with Crippen LogP contribution in [0.2, 0.25) is 0 Å². The highest BCUT2D eigenvalue weighted by Gasteiger charge is 2.41. The zero-order chi connectivity index (χ0) is 23.5. The average Bonchev–Trinajstić information content (AvgIpc) is 3.05. The van der Waals surface area contributed by atoms with Crippen molar-refractivity contribution in [3.63, 3.8) is 0 Å². The largest absolute Gasteiger partial charge is 0.497 e. The maximum Gasteiger partial charge on any atom is 0.282 e. The van der Waals surface area contributed by atoms with E-state index < -0.39 is 29.1 Å². The van der Waals surface area contributed by atoms with E-state index in [0.29, 0.717) is 34.3 Å². The van der Waals surface area contributed by atoms with Crippen LogP contribution in [0, 0.1) is 11.6 Å². The first kappa shape index (κ1) is 22.0. The van der Waals surface area contributed by atoms with Gasteiger partial charge in [-0.25, -0.2) is 13.7 Å². The molecule has 0 bridgehead atoms. The van der Waals surface area contributed by atoms with E-state index in [1.54, 1.807) is 48.5 Å². The molecule has 8 heteroatoms. The van der Waals surface area contributed by atoms with Gasteiger partial charge in [0.2, 0.25) is 0 Å². The van der Waals surface area contributed by atoms with Crippen LogP contribution in [0.1, 0.15) is 12.5 Å². The van der Waals surface area contributed by atoms with E-state index in [-0.39, 0.29) is 11.3 Å². The van der Waals surface area contributed by atoms with E-state index in [0.717, 1.165) is 18.2 Å². The Morgan fingerprint density at radius 3 is 2.36 bits per heavy atom. The van der Waals surface area contributed by atoms with Crippen LogP contribution in [-0.4, -0.2) is 25.5 Å². The first-order valence-electron chi connectivity index (χ1n) is 10.2. The quantitative estimate of drug-likeness (QED) is 0.526. The molecule has 0 atom stereocenters. The number of nitrogens with one attached hydrogen (secondary N) is 1. The Labute approximate surface area is 189 Å². The van der Waals surface area contributed by atoms with Crippen LogP contribution in [0.25, 0.3) is 5.57 Å². The Balaban J connectivity index is 1.82. The minimum absolute atomic E-state index is 0.0214. The summed E-state index contributed by atoms with van der Waals surface area (Å²) >= 11 is 0. The van der Waals surface area contributed by atoms with Gasteiger partial charge in [-0.3, -0.25) is 9.59 Å². The fraction of sp³-hybridized carbons (Fsp3) is 0.120. The summed E-state index contributed by atoms with van der Waals surface area (Å²) in [6, 6.07) is 16.0. The number of halogens is 2. The second-order valence-electron chi connectivity index (χ2n) is 7.11. The highest BCUT2D eigenvalue weighted by molar-refractivity contribution is 6.46. The van der Waals surface area contributed by atoms with Crippen LogP contribution >= 0.6 is 0 Å². The number of carbonyl (C=O) groups excluding carboxylic acids is 2. The molecule has 33 heavy (non-hydrogen) atoms.